The van der Waals surface area contributed by atoms with Crippen molar-refractivity contribution in [1.82, 2.24) is 20.1 Å². The number of carbonyl (C=O) groups excluding carboxylic acids is 1. The Bertz CT molecular complexity index is 892. The minimum Gasteiger partial charge on any atom is -0.387 e. The highest BCUT2D eigenvalue weighted by atomic mass is 35.5. The van der Waals surface area contributed by atoms with Gasteiger partial charge < -0.3 is 15.7 Å². The van der Waals surface area contributed by atoms with Crippen molar-refractivity contribution in [3.05, 3.63) is 35.4 Å². The largest absolute Gasteiger partial charge is 0.387 e. The first-order chi connectivity index (χ1) is 13.4. The van der Waals surface area contributed by atoms with Gasteiger partial charge >= 0.3 is 0 Å². The van der Waals surface area contributed by atoms with Gasteiger partial charge in [0.1, 0.15) is 11.3 Å². The third-order valence-corrected chi connectivity index (χ3v) is 4.85. The van der Waals surface area contributed by atoms with Crippen LogP contribution in [-0.2, 0) is 0 Å². The smallest absolute Gasteiger partial charge is 0.255 e. The predicted molar refractivity (Wildman–Crippen MR) is 102 cm³/mol. The highest BCUT2D eigenvalue weighted by Gasteiger charge is 2.46. The number of aliphatic hydroxyl groups is 1. The summed E-state index contributed by atoms with van der Waals surface area (Å²) >= 11 is 5.91. The van der Waals surface area contributed by atoms with Crippen LogP contribution in [0.25, 0.3) is 0 Å². The average molecular weight is 432 g/mol. The molecule has 1 saturated carbocycles. The number of carbonyl (C=O) groups is 1. The molecule has 1 fully saturated rings. The van der Waals surface area contributed by atoms with Crippen LogP contribution in [-0.4, -0.2) is 50.0 Å². The summed E-state index contributed by atoms with van der Waals surface area (Å²) in [6.45, 7) is 2.21. The van der Waals surface area contributed by atoms with Crippen LogP contribution >= 0.6 is 11.6 Å². The SMILES string of the molecule is CC(C)(O)[C@H](F)CNC(=O)c1cnc(Cl)cc1Nc1cnn(C2CC(F)(F)C2)c1. The van der Waals surface area contributed by atoms with Crippen molar-refractivity contribution in [3.8, 4) is 0 Å². The molecule has 0 unspecified atom stereocenters. The van der Waals surface area contributed by atoms with E-state index in [1.54, 1.807) is 6.20 Å². The molecule has 2 heterocycles. The fourth-order valence-electron chi connectivity index (χ4n) is 2.82. The lowest BCUT2D eigenvalue weighted by Crippen LogP contribution is -2.42. The fourth-order valence-corrected chi connectivity index (χ4v) is 2.97. The Labute approximate surface area is 170 Å². The molecule has 2 aromatic heterocycles. The second kappa shape index (κ2) is 7.83. The second-order valence-electron chi connectivity index (χ2n) is 7.64. The molecule has 3 rings (SSSR count). The molecule has 1 aliphatic carbocycles. The molecule has 3 N–H and O–H groups in total. The van der Waals surface area contributed by atoms with Gasteiger partial charge in [0.2, 0.25) is 0 Å². The van der Waals surface area contributed by atoms with Crippen molar-refractivity contribution in [2.45, 2.75) is 50.4 Å². The normalized spacial score (nSPS) is 17.5. The van der Waals surface area contributed by atoms with E-state index in [9.17, 15) is 23.1 Å². The van der Waals surface area contributed by atoms with Gasteiger partial charge in [-0.2, -0.15) is 5.10 Å². The Hall–Kier alpha value is -2.33. The number of nitrogens with one attached hydrogen (secondary N) is 2. The van der Waals surface area contributed by atoms with Gasteiger partial charge in [-0.15, -0.1) is 0 Å². The highest BCUT2D eigenvalue weighted by molar-refractivity contribution is 6.29. The highest BCUT2D eigenvalue weighted by Crippen LogP contribution is 2.45. The molecule has 29 heavy (non-hydrogen) atoms. The van der Waals surface area contributed by atoms with E-state index < -0.39 is 30.1 Å². The number of pyridine rings is 1. The van der Waals surface area contributed by atoms with Crippen LogP contribution in [0.1, 0.15) is 43.1 Å². The van der Waals surface area contributed by atoms with E-state index in [-0.39, 0.29) is 29.6 Å². The Morgan fingerprint density at radius 3 is 2.76 bits per heavy atom. The summed E-state index contributed by atoms with van der Waals surface area (Å²) in [5.41, 5.74) is -0.740. The number of hydrogen-bond donors (Lipinski definition) is 3. The molecule has 1 aliphatic rings. The molecule has 158 valence electrons. The number of rotatable bonds is 7. The molecular weight excluding hydrogens is 411 g/mol. The summed E-state index contributed by atoms with van der Waals surface area (Å²) in [5.74, 6) is -3.28. The third kappa shape index (κ3) is 5.18. The summed E-state index contributed by atoms with van der Waals surface area (Å²) in [5, 5.41) is 19.2. The van der Waals surface area contributed by atoms with Crippen LogP contribution < -0.4 is 10.6 Å². The van der Waals surface area contributed by atoms with Crippen molar-refractivity contribution in [2.75, 3.05) is 11.9 Å². The Kier molecular flexibility index (Phi) is 5.77. The average Bonchev–Trinajstić information content (AvgIpc) is 3.04. The number of aromatic nitrogens is 3. The van der Waals surface area contributed by atoms with Gasteiger partial charge in [-0.3, -0.25) is 9.48 Å². The van der Waals surface area contributed by atoms with Crippen molar-refractivity contribution >= 4 is 28.9 Å². The summed E-state index contributed by atoms with van der Waals surface area (Å²) in [6.07, 6.45) is 2.03. The number of halogens is 4. The van der Waals surface area contributed by atoms with E-state index in [1.165, 1.54) is 37.0 Å². The number of nitrogens with zero attached hydrogens (tertiary/aromatic N) is 3. The third-order valence-electron chi connectivity index (χ3n) is 4.65. The molecular formula is C18H21ClF3N5O2. The maximum Gasteiger partial charge on any atom is 0.255 e. The van der Waals surface area contributed by atoms with Crippen LogP contribution in [0.2, 0.25) is 5.15 Å². The first-order valence-corrected chi connectivity index (χ1v) is 9.31. The quantitative estimate of drug-likeness (QED) is 0.584. The van der Waals surface area contributed by atoms with Gasteiger partial charge in [0, 0.05) is 25.2 Å². The van der Waals surface area contributed by atoms with Gasteiger partial charge in [0.15, 0.2) is 0 Å². The molecule has 2 aromatic rings. The number of alkyl halides is 3. The Morgan fingerprint density at radius 2 is 2.14 bits per heavy atom. The van der Waals surface area contributed by atoms with E-state index >= 15 is 0 Å². The first-order valence-electron chi connectivity index (χ1n) is 8.94. The Morgan fingerprint density at radius 1 is 1.45 bits per heavy atom. The molecule has 0 radical (unpaired) electrons. The molecule has 0 saturated heterocycles. The lowest BCUT2D eigenvalue weighted by molar-refractivity contribution is -0.106. The first kappa shape index (κ1) is 21.4. The predicted octanol–water partition coefficient (Wildman–Crippen LogP) is 3.48. The van der Waals surface area contributed by atoms with E-state index in [1.807, 2.05) is 0 Å². The fraction of sp³-hybridized carbons (Fsp3) is 0.500. The second-order valence-corrected chi connectivity index (χ2v) is 8.02. The molecule has 0 bridgehead atoms. The van der Waals surface area contributed by atoms with Crippen molar-refractivity contribution < 1.29 is 23.1 Å². The molecule has 0 aromatic carbocycles. The molecule has 11 heteroatoms. The minimum absolute atomic E-state index is 0.0975. The number of hydrogen-bond acceptors (Lipinski definition) is 5. The van der Waals surface area contributed by atoms with E-state index in [4.69, 9.17) is 11.6 Å². The molecule has 7 nitrogen and oxygen atoms in total. The van der Waals surface area contributed by atoms with E-state index in [2.05, 4.69) is 20.7 Å². The van der Waals surface area contributed by atoms with Crippen LogP contribution in [0.3, 0.4) is 0 Å². The maximum absolute atomic E-state index is 13.9. The summed E-state index contributed by atoms with van der Waals surface area (Å²) in [4.78, 5) is 16.3. The van der Waals surface area contributed by atoms with Gasteiger partial charge in [-0.1, -0.05) is 11.6 Å². The molecule has 0 spiro atoms. The topological polar surface area (TPSA) is 92.1 Å². The maximum atomic E-state index is 13.9. The van der Waals surface area contributed by atoms with E-state index in [0.29, 0.717) is 11.4 Å². The van der Waals surface area contributed by atoms with Gasteiger partial charge in [0.05, 0.1) is 41.3 Å². The van der Waals surface area contributed by atoms with Crippen LogP contribution in [0.4, 0.5) is 24.5 Å². The molecule has 1 amide bonds. The van der Waals surface area contributed by atoms with Crippen LogP contribution in [0.15, 0.2) is 24.7 Å². The summed E-state index contributed by atoms with van der Waals surface area (Å²) in [6, 6.07) is 1.03. The number of anilines is 2. The lowest BCUT2D eigenvalue weighted by atomic mass is 9.88. The minimum atomic E-state index is -2.66. The Balaban J connectivity index is 1.71. The standard InChI is InChI=1S/C18H21ClF3N5O2/c1-17(2,29)14(20)8-24-16(28)12-7-23-15(19)3-13(12)26-10-6-25-27(9-10)11-4-18(21,22)5-11/h3,6-7,9,11,14,29H,4-5,8H2,1-2H3,(H,23,26)(H,24,28)/t14-/m1/s1. The van der Waals surface area contributed by atoms with Gasteiger partial charge in [0.25, 0.3) is 11.8 Å². The lowest BCUT2D eigenvalue weighted by Gasteiger charge is -2.34. The number of amides is 1. The molecule has 1 atom stereocenters. The van der Waals surface area contributed by atoms with Gasteiger partial charge in [-0.05, 0) is 19.9 Å². The van der Waals surface area contributed by atoms with Crippen molar-refractivity contribution in [2.24, 2.45) is 0 Å². The summed E-state index contributed by atoms with van der Waals surface area (Å²) in [7, 11) is 0. The molecule has 0 aliphatic heterocycles. The van der Waals surface area contributed by atoms with Crippen LogP contribution in [0, 0.1) is 0 Å². The van der Waals surface area contributed by atoms with Crippen molar-refractivity contribution in [3.63, 3.8) is 0 Å². The van der Waals surface area contributed by atoms with Crippen molar-refractivity contribution in [1.29, 1.82) is 0 Å². The van der Waals surface area contributed by atoms with Gasteiger partial charge in [-0.25, -0.2) is 18.2 Å². The zero-order valence-electron chi connectivity index (χ0n) is 15.8. The monoisotopic (exact) mass is 431 g/mol. The zero-order valence-corrected chi connectivity index (χ0v) is 16.6. The zero-order chi connectivity index (χ0) is 21.4. The van der Waals surface area contributed by atoms with E-state index in [0.717, 1.165) is 0 Å². The van der Waals surface area contributed by atoms with Crippen LogP contribution in [0.5, 0.6) is 0 Å². The summed E-state index contributed by atoms with van der Waals surface area (Å²) < 4.78 is 41.4.